The molecule has 1 aliphatic heterocycles. The van der Waals surface area contributed by atoms with Crippen LogP contribution in [0.5, 0.6) is 0 Å². The van der Waals surface area contributed by atoms with E-state index in [9.17, 15) is 43.9 Å². The molecule has 0 bridgehead atoms. The molecular weight excluding hydrogens is 314 g/mol. The lowest BCUT2D eigenvalue weighted by molar-refractivity contribution is -0.154. The van der Waals surface area contributed by atoms with Crippen LogP contribution < -0.4 is 0 Å². The third kappa shape index (κ3) is 1.55. The van der Waals surface area contributed by atoms with Gasteiger partial charge in [-0.3, -0.25) is 4.74 Å². The minimum atomic E-state index is -5.81. The Bertz CT molecular complexity index is 568. The summed E-state index contributed by atoms with van der Waals surface area (Å²) in [4.78, 5) is 0. The lowest BCUT2D eigenvalue weighted by atomic mass is 10.0. The van der Waals surface area contributed by atoms with E-state index < -0.39 is 52.5 Å². The van der Waals surface area contributed by atoms with E-state index in [2.05, 4.69) is 4.74 Å². The van der Waals surface area contributed by atoms with E-state index in [0.29, 0.717) is 0 Å². The molecule has 1 atom stereocenters. The van der Waals surface area contributed by atoms with Gasteiger partial charge in [-0.2, -0.15) is 22.0 Å². The Hall–Kier alpha value is -1.52. The summed E-state index contributed by atoms with van der Waals surface area (Å²) >= 11 is 0. The Labute approximate surface area is 102 Å². The molecule has 1 aromatic rings. The topological polar surface area (TPSA) is 12.5 Å². The van der Waals surface area contributed by atoms with Crippen molar-refractivity contribution in [2.75, 3.05) is 0 Å². The fourth-order valence-electron chi connectivity index (χ4n) is 1.44. The first-order valence-electron chi connectivity index (χ1n) is 4.55. The summed E-state index contributed by atoms with van der Waals surface area (Å²) < 4.78 is 131. The maximum Gasteiger partial charge on any atom is 0.424 e. The van der Waals surface area contributed by atoms with E-state index >= 15 is 0 Å². The number of alkyl halides is 5. The number of rotatable bonds is 2. The molecule has 2 rings (SSSR count). The maximum absolute atomic E-state index is 13.3. The van der Waals surface area contributed by atoms with Gasteiger partial charge in [0.25, 0.3) is 0 Å². The van der Waals surface area contributed by atoms with Gasteiger partial charge in [-0.15, -0.1) is 0 Å². The van der Waals surface area contributed by atoms with Crippen LogP contribution in [-0.2, 0) is 10.7 Å². The second-order valence-electron chi connectivity index (χ2n) is 3.73. The molecule has 1 saturated heterocycles. The van der Waals surface area contributed by atoms with E-state index in [4.69, 9.17) is 0 Å². The minimum absolute atomic E-state index is 2.71. The summed E-state index contributed by atoms with van der Waals surface area (Å²) in [6.45, 7) is 0. The van der Waals surface area contributed by atoms with Crippen LogP contribution in [0, 0.1) is 29.1 Å². The third-order valence-corrected chi connectivity index (χ3v) is 2.53. The summed E-state index contributed by atoms with van der Waals surface area (Å²) in [5.74, 6) is -25.7. The molecule has 1 aromatic carbocycles. The summed E-state index contributed by atoms with van der Waals surface area (Å²) in [5, 5.41) is 0. The summed E-state index contributed by atoms with van der Waals surface area (Å²) in [7, 11) is 0. The van der Waals surface area contributed by atoms with Crippen LogP contribution in [0.2, 0.25) is 0 Å². The number of halogens is 10. The molecule has 0 aromatic heterocycles. The Balaban J connectivity index is 2.71. The normalized spacial score (nSPS) is 24.9. The van der Waals surface area contributed by atoms with Crippen LogP contribution in [0.1, 0.15) is 5.56 Å². The van der Waals surface area contributed by atoms with E-state index in [0.717, 1.165) is 0 Å². The molecule has 1 nitrogen and oxygen atoms in total. The number of epoxide rings is 1. The van der Waals surface area contributed by atoms with E-state index in [1.54, 1.807) is 0 Å². The van der Waals surface area contributed by atoms with Crippen molar-refractivity contribution in [3.05, 3.63) is 34.6 Å². The highest BCUT2D eigenvalue weighted by atomic mass is 19.3. The molecule has 112 valence electrons. The SMILES string of the molecule is Fc1c(F)c(F)c(C(F)(F)C2(F)OC2(F)F)c(F)c1F. The van der Waals surface area contributed by atoms with Gasteiger partial charge in [0, 0.05) is 0 Å². The van der Waals surface area contributed by atoms with Crippen molar-refractivity contribution in [2.45, 2.75) is 17.9 Å². The first-order chi connectivity index (χ1) is 8.88. The monoisotopic (exact) mass is 314 g/mol. The van der Waals surface area contributed by atoms with Crippen LogP contribution in [0.3, 0.4) is 0 Å². The molecule has 0 amide bonds. The van der Waals surface area contributed by atoms with Crippen molar-refractivity contribution in [1.82, 2.24) is 0 Å². The molecule has 0 N–H and O–H groups in total. The van der Waals surface area contributed by atoms with Gasteiger partial charge in [0.1, 0.15) is 5.56 Å². The predicted octanol–water partition coefficient (Wildman–Crippen LogP) is 3.76. The Morgan fingerprint density at radius 3 is 1.30 bits per heavy atom. The Kier molecular flexibility index (Phi) is 2.81. The van der Waals surface area contributed by atoms with E-state index in [1.807, 2.05) is 0 Å². The van der Waals surface area contributed by atoms with Crippen molar-refractivity contribution >= 4 is 0 Å². The van der Waals surface area contributed by atoms with Crippen LogP contribution in [-0.4, -0.2) is 12.0 Å². The van der Waals surface area contributed by atoms with Crippen LogP contribution in [0.25, 0.3) is 0 Å². The summed E-state index contributed by atoms with van der Waals surface area (Å²) in [6.07, 6.45) is -5.13. The zero-order valence-corrected chi connectivity index (χ0v) is 8.69. The summed E-state index contributed by atoms with van der Waals surface area (Å²) in [6, 6.07) is 0. The van der Waals surface area contributed by atoms with E-state index in [-0.39, 0.29) is 0 Å². The fraction of sp³-hybridized carbons (Fsp3) is 0.333. The largest absolute Gasteiger partial charge is 0.424 e. The number of ether oxygens (including phenoxy) is 1. The van der Waals surface area contributed by atoms with Gasteiger partial charge >= 0.3 is 17.9 Å². The second kappa shape index (κ2) is 3.77. The van der Waals surface area contributed by atoms with Gasteiger partial charge in [0.15, 0.2) is 23.3 Å². The molecule has 1 aliphatic rings. The van der Waals surface area contributed by atoms with Gasteiger partial charge in [-0.1, -0.05) is 0 Å². The van der Waals surface area contributed by atoms with Gasteiger partial charge in [0.2, 0.25) is 5.82 Å². The van der Waals surface area contributed by atoms with Gasteiger partial charge in [0.05, 0.1) is 0 Å². The van der Waals surface area contributed by atoms with Crippen molar-refractivity contribution in [2.24, 2.45) is 0 Å². The first kappa shape index (κ1) is 14.9. The number of hydrogen-bond acceptors (Lipinski definition) is 1. The highest BCUT2D eigenvalue weighted by molar-refractivity contribution is 5.32. The highest BCUT2D eigenvalue weighted by Crippen LogP contribution is 2.64. The minimum Gasteiger partial charge on any atom is -0.265 e. The maximum atomic E-state index is 13.3. The fourth-order valence-corrected chi connectivity index (χ4v) is 1.44. The molecule has 1 unspecified atom stereocenters. The highest BCUT2D eigenvalue weighted by Gasteiger charge is 2.89. The van der Waals surface area contributed by atoms with Crippen molar-refractivity contribution in [3.63, 3.8) is 0 Å². The molecular formula is C9F10O. The molecule has 0 spiro atoms. The zero-order valence-electron chi connectivity index (χ0n) is 8.69. The van der Waals surface area contributed by atoms with Crippen molar-refractivity contribution < 1.29 is 48.6 Å². The molecule has 11 heteroatoms. The Morgan fingerprint density at radius 2 is 1.00 bits per heavy atom. The van der Waals surface area contributed by atoms with Crippen molar-refractivity contribution in [3.8, 4) is 0 Å². The standard InChI is InChI=1S/C9F10O/c10-2-1(3(11)5(13)6(14)4(2)12)7(15,16)8(17)9(18,19)20-8. The van der Waals surface area contributed by atoms with Gasteiger partial charge in [-0.05, 0) is 0 Å². The molecule has 0 saturated carbocycles. The van der Waals surface area contributed by atoms with Crippen LogP contribution in [0.4, 0.5) is 43.9 Å². The van der Waals surface area contributed by atoms with Crippen molar-refractivity contribution in [1.29, 1.82) is 0 Å². The second-order valence-corrected chi connectivity index (χ2v) is 3.73. The lowest BCUT2D eigenvalue weighted by Gasteiger charge is -2.19. The number of benzene rings is 1. The lowest BCUT2D eigenvalue weighted by Crippen LogP contribution is -2.37. The zero-order chi connectivity index (χ0) is 15.7. The first-order valence-corrected chi connectivity index (χ1v) is 4.55. The third-order valence-electron chi connectivity index (χ3n) is 2.53. The number of hydrogen-bond donors (Lipinski definition) is 0. The average Bonchev–Trinajstić information content (AvgIpc) is 2.85. The molecule has 0 aliphatic carbocycles. The van der Waals surface area contributed by atoms with Gasteiger partial charge in [-0.25, -0.2) is 22.0 Å². The Morgan fingerprint density at radius 1 is 0.700 bits per heavy atom. The average molecular weight is 314 g/mol. The smallest absolute Gasteiger partial charge is 0.265 e. The molecule has 0 radical (unpaired) electrons. The van der Waals surface area contributed by atoms with Crippen LogP contribution >= 0.6 is 0 Å². The quantitative estimate of drug-likeness (QED) is 0.350. The summed E-state index contributed by atoms with van der Waals surface area (Å²) in [5.41, 5.74) is -3.03. The van der Waals surface area contributed by atoms with E-state index in [1.165, 1.54) is 0 Å². The van der Waals surface area contributed by atoms with Gasteiger partial charge < -0.3 is 0 Å². The molecule has 1 heterocycles. The van der Waals surface area contributed by atoms with Crippen LogP contribution in [0.15, 0.2) is 0 Å². The molecule has 1 fully saturated rings. The predicted molar refractivity (Wildman–Crippen MR) is 40.0 cm³/mol. The molecule has 20 heavy (non-hydrogen) atoms.